The molecule has 0 spiro atoms. The molecule has 1 atom stereocenters. The van der Waals surface area contributed by atoms with Crippen LogP contribution in [0.25, 0.3) is 0 Å². The maximum Gasteiger partial charge on any atom is 0.128 e. The molecule has 1 saturated carbocycles. The summed E-state index contributed by atoms with van der Waals surface area (Å²) in [4.78, 5) is 0. The van der Waals surface area contributed by atoms with E-state index < -0.39 is 17.7 Å². The number of hydrogen-bond acceptors (Lipinski definition) is 1. The van der Waals surface area contributed by atoms with Crippen LogP contribution in [0, 0.1) is 11.6 Å². The minimum atomic E-state index is -0.519. The van der Waals surface area contributed by atoms with Crippen molar-refractivity contribution in [1.82, 2.24) is 0 Å². The number of halogens is 2. The summed E-state index contributed by atoms with van der Waals surface area (Å²) in [6, 6.07) is 12.9. The maximum absolute atomic E-state index is 14.0. The van der Waals surface area contributed by atoms with Crippen LogP contribution in [0.2, 0.25) is 0 Å². The van der Waals surface area contributed by atoms with Crippen molar-refractivity contribution in [1.29, 1.82) is 0 Å². The second-order valence-corrected chi connectivity index (χ2v) is 5.52. The first-order chi connectivity index (χ1) is 9.63. The van der Waals surface area contributed by atoms with E-state index in [1.165, 1.54) is 6.07 Å². The number of benzene rings is 2. The van der Waals surface area contributed by atoms with Crippen LogP contribution < -0.4 is 5.73 Å². The van der Waals surface area contributed by atoms with Crippen molar-refractivity contribution in [2.75, 3.05) is 0 Å². The number of hydrogen-bond donors (Lipinski definition) is 1. The molecule has 20 heavy (non-hydrogen) atoms. The zero-order chi connectivity index (χ0) is 14.2. The van der Waals surface area contributed by atoms with Crippen LogP contribution in [-0.4, -0.2) is 0 Å². The van der Waals surface area contributed by atoms with Gasteiger partial charge in [0, 0.05) is 17.0 Å². The average Bonchev–Trinajstić information content (AvgIpc) is 2.41. The SMILES string of the molecule is NC(c1cc(F)ccc1F)C1(c2ccccc2)CCC1. The third-order valence-corrected chi connectivity index (χ3v) is 4.48. The van der Waals surface area contributed by atoms with E-state index >= 15 is 0 Å². The zero-order valence-corrected chi connectivity index (χ0v) is 11.2. The van der Waals surface area contributed by atoms with Crippen molar-refractivity contribution in [3.63, 3.8) is 0 Å². The van der Waals surface area contributed by atoms with Crippen LogP contribution in [0.1, 0.15) is 36.4 Å². The monoisotopic (exact) mass is 273 g/mol. The molecule has 104 valence electrons. The lowest BCUT2D eigenvalue weighted by Crippen LogP contribution is -2.44. The van der Waals surface area contributed by atoms with Gasteiger partial charge >= 0.3 is 0 Å². The van der Waals surface area contributed by atoms with Crippen LogP contribution in [0.4, 0.5) is 8.78 Å². The Balaban J connectivity index is 2.03. The first kappa shape index (κ1) is 13.3. The van der Waals surface area contributed by atoms with Gasteiger partial charge in [-0.3, -0.25) is 0 Å². The molecular weight excluding hydrogens is 256 g/mol. The van der Waals surface area contributed by atoms with E-state index in [0.717, 1.165) is 37.0 Å². The Morgan fingerprint density at radius 2 is 1.70 bits per heavy atom. The quantitative estimate of drug-likeness (QED) is 0.895. The highest BCUT2D eigenvalue weighted by molar-refractivity contribution is 5.36. The standard InChI is InChI=1S/C17H17F2N/c18-13-7-8-15(19)14(11-13)16(20)17(9-4-10-17)12-5-2-1-3-6-12/h1-3,5-8,11,16H,4,9-10,20H2. The van der Waals surface area contributed by atoms with Gasteiger partial charge in [0.05, 0.1) is 0 Å². The molecule has 3 rings (SSSR count). The predicted octanol–water partition coefficient (Wildman–Crippen LogP) is 4.09. The summed E-state index contributed by atoms with van der Waals surface area (Å²) in [5.41, 5.74) is 7.45. The van der Waals surface area contributed by atoms with E-state index in [4.69, 9.17) is 5.73 Å². The minimum absolute atomic E-state index is 0.268. The summed E-state index contributed by atoms with van der Waals surface area (Å²) in [5, 5.41) is 0. The molecule has 2 aromatic rings. The van der Waals surface area contributed by atoms with Crippen molar-refractivity contribution in [3.05, 3.63) is 71.3 Å². The van der Waals surface area contributed by atoms with Crippen LogP contribution in [0.5, 0.6) is 0 Å². The van der Waals surface area contributed by atoms with Crippen LogP contribution in [-0.2, 0) is 5.41 Å². The molecule has 3 heteroatoms. The summed E-state index contributed by atoms with van der Waals surface area (Å²) in [7, 11) is 0. The Hall–Kier alpha value is -1.74. The third kappa shape index (κ3) is 2.02. The Bertz CT molecular complexity index is 606. The molecule has 0 saturated heterocycles. The fraction of sp³-hybridized carbons (Fsp3) is 0.294. The van der Waals surface area contributed by atoms with Gasteiger partial charge in [0.2, 0.25) is 0 Å². The molecule has 1 fully saturated rings. The topological polar surface area (TPSA) is 26.0 Å². The average molecular weight is 273 g/mol. The van der Waals surface area contributed by atoms with Gasteiger partial charge in [0.25, 0.3) is 0 Å². The predicted molar refractivity (Wildman–Crippen MR) is 75.3 cm³/mol. The molecule has 0 radical (unpaired) electrons. The van der Waals surface area contributed by atoms with E-state index in [9.17, 15) is 8.78 Å². The molecule has 1 nitrogen and oxygen atoms in total. The summed E-state index contributed by atoms with van der Waals surface area (Å²) >= 11 is 0. The summed E-state index contributed by atoms with van der Waals surface area (Å²) < 4.78 is 27.4. The fourth-order valence-electron chi connectivity index (χ4n) is 3.16. The first-order valence-electron chi connectivity index (χ1n) is 6.89. The van der Waals surface area contributed by atoms with Crippen LogP contribution in [0.3, 0.4) is 0 Å². The highest BCUT2D eigenvalue weighted by Crippen LogP contribution is 2.51. The number of nitrogens with two attached hydrogens (primary N) is 1. The lowest BCUT2D eigenvalue weighted by Gasteiger charge is -2.47. The Morgan fingerprint density at radius 1 is 1.00 bits per heavy atom. The van der Waals surface area contributed by atoms with Crippen LogP contribution in [0.15, 0.2) is 48.5 Å². The molecule has 0 heterocycles. The zero-order valence-electron chi connectivity index (χ0n) is 11.2. The van der Waals surface area contributed by atoms with E-state index in [0.29, 0.717) is 0 Å². The van der Waals surface area contributed by atoms with Gasteiger partial charge in [-0.05, 0) is 36.6 Å². The second kappa shape index (κ2) is 4.98. The van der Waals surface area contributed by atoms with Crippen molar-refractivity contribution in [2.45, 2.75) is 30.7 Å². The van der Waals surface area contributed by atoms with Crippen molar-refractivity contribution < 1.29 is 8.78 Å². The Kier molecular flexibility index (Phi) is 3.30. The highest BCUT2D eigenvalue weighted by Gasteiger charge is 2.45. The lowest BCUT2D eigenvalue weighted by atomic mass is 9.59. The summed E-state index contributed by atoms with van der Waals surface area (Å²) in [6.07, 6.45) is 2.89. The second-order valence-electron chi connectivity index (χ2n) is 5.52. The molecule has 2 N–H and O–H groups in total. The molecule has 1 aliphatic rings. The van der Waals surface area contributed by atoms with E-state index in [1.54, 1.807) is 0 Å². The molecule has 1 aliphatic carbocycles. The van der Waals surface area contributed by atoms with E-state index in [-0.39, 0.29) is 11.0 Å². The Labute approximate surface area is 117 Å². The highest BCUT2D eigenvalue weighted by atomic mass is 19.1. The van der Waals surface area contributed by atoms with E-state index in [1.807, 2.05) is 30.3 Å². The molecule has 0 aromatic heterocycles. The van der Waals surface area contributed by atoms with Gasteiger partial charge in [-0.25, -0.2) is 8.78 Å². The summed E-state index contributed by atoms with van der Waals surface area (Å²) in [5.74, 6) is -0.875. The van der Waals surface area contributed by atoms with E-state index in [2.05, 4.69) is 0 Å². The van der Waals surface area contributed by atoms with Gasteiger partial charge in [0.1, 0.15) is 11.6 Å². The molecule has 2 aromatic carbocycles. The lowest BCUT2D eigenvalue weighted by molar-refractivity contribution is 0.193. The van der Waals surface area contributed by atoms with Crippen LogP contribution >= 0.6 is 0 Å². The van der Waals surface area contributed by atoms with Gasteiger partial charge < -0.3 is 5.73 Å². The van der Waals surface area contributed by atoms with Gasteiger partial charge in [-0.1, -0.05) is 36.8 Å². The van der Waals surface area contributed by atoms with Crippen molar-refractivity contribution in [2.24, 2.45) is 5.73 Å². The number of rotatable bonds is 3. The normalized spacial score (nSPS) is 18.4. The minimum Gasteiger partial charge on any atom is -0.323 e. The maximum atomic E-state index is 14.0. The smallest absolute Gasteiger partial charge is 0.128 e. The fourth-order valence-corrected chi connectivity index (χ4v) is 3.16. The first-order valence-corrected chi connectivity index (χ1v) is 6.89. The molecule has 0 aliphatic heterocycles. The molecule has 1 unspecified atom stereocenters. The Morgan fingerprint density at radius 3 is 2.30 bits per heavy atom. The molecule has 0 bridgehead atoms. The molecule has 0 amide bonds. The van der Waals surface area contributed by atoms with Crippen molar-refractivity contribution in [3.8, 4) is 0 Å². The third-order valence-electron chi connectivity index (χ3n) is 4.48. The largest absolute Gasteiger partial charge is 0.323 e. The summed E-state index contributed by atoms with van der Waals surface area (Å²) in [6.45, 7) is 0. The van der Waals surface area contributed by atoms with Crippen molar-refractivity contribution >= 4 is 0 Å². The van der Waals surface area contributed by atoms with Gasteiger partial charge in [-0.2, -0.15) is 0 Å². The van der Waals surface area contributed by atoms with Gasteiger partial charge in [-0.15, -0.1) is 0 Å². The van der Waals surface area contributed by atoms with Gasteiger partial charge in [0.15, 0.2) is 0 Å². The molecular formula is C17H17F2N.